The van der Waals surface area contributed by atoms with Crippen molar-refractivity contribution in [1.82, 2.24) is 9.99 Å². The van der Waals surface area contributed by atoms with Crippen LogP contribution in [0.4, 0.5) is 10.1 Å². The predicted molar refractivity (Wildman–Crippen MR) is 79.5 cm³/mol. The second-order valence-electron chi connectivity index (χ2n) is 5.21. The number of rotatable bonds is 2. The summed E-state index contributed by atoms with van der Waals surface area (Å²) in [6.07, 6.45) is 1.13. The number of hydrogen-bond donors (Lipinski definition) is 3. The number of carboxylic acid groups (broad SMARTS) is 1. The van der Waals surface area contributed by atoms with Gasteiger partial charge in [-0.1, -0.05) is 0 Å². The van der Waals surface area contributed by atoms with Gasteiger partial charge in [-0.05, 0) is 12.1 Å². The van der Waals surface area contributed by atoms with Gasteiger partial charge in [-0.3, -0.25) is 10.6 Å². The molecule has 3 rings (SSSR count). The van der Waals surface area contributed by atoms with Crippen LogP contribution in [0.5, 0.6) is 0 Å². The van der Waals surface area contributed by atoms with Crippen LogP contribution in [0.15, 0.2) is 23.1 Å². The smallest absolute Gasteiger partial charge is 0.341 e. The van der Waals surface area contributed by atoms with E-state index in [0.29, 0.717) is 37.4 Å². The summed E-state index contributed by atoms with van der Waals surface area (Å²) in [7, 11) is 0. The first-order valence-electron chi connectivity index (χ1n) is 6.80. The molecule has 0 aliphatic carbocycles. The van der Waals surface area contributed by atoms with Crippen LogP contribution in [0.3, 0.4) is 0 Å². The SMILES string of the molecule is NN1CCN(c2cc3[nH]cc(C(=O)O)c(=O)c3cc2F)CC1. The average molecular weight is 306 g/mol. The number of piperazine rings is 1. The third kappa shape index (κ3) is 2.42. The van der Waals surface area contributed by atoms with Crippen LogP contribution in [0.2, 0.25) is 0 Å². The molecule has 22 heavy (non-hydrogen) atoms. The van der Waals surface area contributed by atoms with Gasteiger partial charge in [0.1, 0.15) is 11.4 Å². The number of nitrogens with zero attached hydrogens (tertiary/aromatic N) is 2. The molecule has 1 aliphatic heterocycles. The molecule has 0 bridgehead atoms. The first-order chi connectivity index (χ1) is 10.5. The van der Waals surface area contributed by atoms with Crippen molar-refractivity contribution in [3.05, 3.63) is 39.9 Å². The number of aromatic carboxylic acids is 1. The minimum Gasteiger partial charge on any atom is -0.477 e. The highest BCUT2D eigenvalue weighted by atomic mass is 19.1. The van der Waals surface area contributed by atoms with Gasteiger partial charge in [0, 0.05) is 37.8 Å². The average Bonchev–Trinajstić information content (AvgIpc) is 2.48. The summed E-state index contributed by atoms with van der Waals surface area (Å²) < 4.78 is 14.3. The van der Waals surface area contributed by atoms with Crippen LogP contribution < -0.4 is 16.2 Å². The summed E-state index contributed by atoms with van der Waals surface area (Å²) in [5.41, 5.74) is -0.323. The molecule has 116 valence electrons. The molecule has 2 aromatic rings. The van der Waals surface area contributed by atoms with E-state index in [2.05, 4.69) is 4.98 Å². The van der Waals surface area contributed by atoms with Crippen molar-refractivity contribution in [2.45, 2.75) is 0 Å². The van der Waals surface area contributed by atoms with Gasteiger partial charge in [0.25, 0.3) is 0 Å². The largest absolute Gasteiger partial charge is 0.477 e. The highest BCUT2D eigenvalue weighted by molar-refractivity contribution is 5.93. The molecule has 8 heteroatoms. The first-order valence-corrected chi connectivity index (χ1v) is 6.80. The van der Waals surface area contributed by atoms with Crippen LogP contribution in [-0.2, 0) is 0 Å². The second kappa shape index (κ2) is 5.39. The Morgan fingerprint density at radius 3 is 2.59 bits per heavy atom. The quantitative estimate of drug-likeness (QED) is 0.692. The van der Waals surface area contributed by atoms with Gasteiger partial charge in [0.15, 0.2) is 0 Å². The molecule has 1 aliphatic rings. The van der Waals surface area contributed by atoms with Gasteiger partial charge >= 0.3 is 5.97 Å². The van der Waals surface area contributed by atoms with Crippen molar-refractivity contribution in [2.75, 3.05) is 31.1 Å². The highest BCUT2D eigenvalue weighted by Gasteiger charge is 2.20. The Labute approximate surface area is 124 Å². The molecule has 2 heterocycles. The molecule has 1 aromatic carbocycles. The number of fused-ring (bicyclic) bond motifs is 1. The predicted octanol–water partition coefficient (Wildman–Crippen LogP) is 0.361. The Morgan fingerprint density at radius 1 is 1.27 bits per heavy atom. The van der Waals surface area contributed by atoms with E-state index in [4.69, 9.17) is 10.9 Å². The zero-order valence-electron chi connectivity index (χ0n) is 11.7. The molecule has 4 N–H and O–H groups in total. The normalized spacial score (nSPS) is 16.2. The molecule has 0 radical (unpaired) electrons. The summed E-state index contributed by atoms with van der Waals surface area (Å²) in [5.74, 6) is 3.79. The summed E-state index contributed by atoms with van der Waals surface area (Å²) in [6.45, 7) is 2.39. The second-order valence-corrected chi connectivity index (χ2v) is 5.21. The van der Waals surface area contributed by atoms with Crippen LogP contribution in [0, 0.1) is 5.82 Å². The van der Waals surface area contributed by atoms with E-state index in [9.17, 15) is 14.0 Å². The zero-order valence-corrected chi connectivity index (χ0v) is 11.7. The third-order valence-electron chi connectivity index (χ3n) is 3.83. The number of hydrogen-bond acceptors (Lipinski definition) is 5. The van der Waals surface area contributed by atoms with E-state index in [1.165, 1.54) is 6.07 Å². The van der Waals surface area contributed by atoms with Gasteiger partial charge in [-0.15, -0.1) is 0 Å². The number of aromatic amines is 1. The number of nitrogens with two attached hydrogens (primary N) is 1. The zero-order chi connectivity index (χ0) is 15.9. The molecule has 0 amide bonds. The Bertz CT molecular complexity index is 797. The standard InChI is InChI=1S/C14H15FN4O3/c15-10-5-8-11(17-7-9(13(8)20)14(21)22)6-12(10)18-1-3-19(16)4-2-18/h5-7H,1-4,16H2,(H,17,20)(H,21,22). The minimum atomic E-state index is -1.34. The van der Waals surface area contributed by atoms with E-state index >= 15 is 0 Å². The number of carboxylic acids is 1. The van der Waals surface area contributed by atoms with Crippen molar-refractivity contribution < 1.29 is 14.3 Å². The number of anilines is 1. The van der Waals surface area contributed by atoms with Crippen LogP contribution >= 0.6 is 0 Å². The highest BCUT2D eigenvalue weighted by Crippen LogP contribution is 2.24. The monoisotopic (exact) mass is 306 g/mol. The van der Waals surface area contributed by atoms with Crippen molar-refractivity contribution in [3.8, 4) is 0 Å². The summed E-state index contributed by atoms with van der Waals surface area (Å²) in [5, 5.41) is 10.6. The maximum Gasteiger partial charge on any atom is 0.341 e. The minimum absolute atomic E-state index is 0.0265. The van der Waals surface area contributed by atoms with E-state index in [-0.39, 0.29) is 5.39 Å². The van der Waals surface area contributed by atoms with E-state index in [1.807, 2.05) is 4.90 Å². The molecule has 1 aromatic heterocycles. The Balaban J connectivity index is 2.08. The molecule has 1 saturated heterocycles. The molecule has 0 spiro atoms. The lowest BCUT2D eigenvalue weighted by Gasteiger charge is -2.33. The lowest BCUT2D eigenvalue weighted by molar-refractivity contribution is 0.0695. The fourth-order valence-electron chi connectivity index (χ4n) is 2.59. The number of hydrazine groups is 1. The molecular weight excluding hydrogens is 291 g/mol. The van der Waals surface area contributed by atoms with Crippen molar-refractivity contribution in [3.63, 3.8) is 0 Å². The Morgan fingerprint density at radius 2 is 1.95 bits per heavy atom. The molecule has 0 unspecified atom stereocenters. The summed E-state index contributed by atoms with van der Waals surface area (Å²) in [6, 6.07) is 2.62. The third-order valence-corrected chi connectivity index (χ3v) is 3.83. The number of aromatic nitrogens is 1. The fraction of sp³-hybridized carbons (Fsp3) is 0.286. The van der Waals surface area contributed by atoms with Gasteiger partial charge in [-0.25, -0.2) is 14.2 Å². The number of halogens is 1. The van der Waals surface area contributed by atoms with Gasteiger partial charge in [0.05, 0.1) is 11.2 Å². The molecule has 1 fully saturated rings. The van der Waals surface area contributed by atoms with Crippen molar-refractivity contribution in [2.24, 2.45) is 5.84 Å². The number of pyridine rings is 1. The topological polar surface area (TPSA) is 103 Å². The van der Waals surface area contributed by atoms with E-state index in [1.54, 1.807) is 5.01 Å². The first kappa shape index (κ1) is 14.5. The van der Waals surface area contributed by atoms with Gasteiger partial charge < -0.3 is 15.0 Å². The maximum atomic E-state index is 14.3. The van der Waals surface area contributed by atoms with Crippen LogP contribution in [0.25, 0.3) is 10.9 Å². The summed E-state index contributed by atoms with van der Waals surface area (Å²) in [4.78, 5) is 27.6. The lowest BCUT2D eigenvalue weighted by atomic mass is 10.1. The van der Waals surface area contributed by atoms with E-state index < -0.39 is 22.8 Å². The number of nitrogens with one attached hydrogen (secondary N) is 1. The molecule has 7 nitrogen and oxygen atoms in total. The van der Waals surface area contributed by atoms with Crippen molar-refractivity contribution >= 4 is 22.6 Å². The molecule has 0 saturated carbocycles. The summed E-state index contributed by atoms with van der Waals surface area (Å²) >= 11 is 0. The van der Waals surface area contributed by atoms with Gasteiger partial charge in [-0.2, -0.15) is 0 Å². The van der Waals surface area contributed by atoms with Crippen molar-refractivity contribution in [1.29, 1.82) is 0 Å². The number of benzene rings is 1. The lowest BCUT2D eigenvalue weighted by Crippen LogP contribution is -2.49. The van der Waals surface area contributed by atoms with E-state index in [0.717, 1.165) is 12.3 Å². The molecular formula is C14H15FN4O3. The van der Waals surface area contributed by atoms with Crippen LogP contribution in [-0.4, -0.2) is 47.2 Å². The van der Waals surface area contributed by atoms with Crippen LogP contribution in [0.1, 0.15) is 10.4 Å². The molecule has 0 atom stereocenters. The Hall–Kier alpha value is -2.45. The number of carbonyl (C=O) groups is 1. The Kier molecular flexibility index (Phi) is 3.55. The maximum absolute atomic E-state index is 14.3. The number of H-pyrrole nitrogens is 1. The van der Waals surface area contributed by atoms with Gasteiger partial charge in [0.2, 0.25) is 5.43 Å². The fourth-order valence-corrected chi connectivity index (χ4v) is 2.59.